The second-order valence-electron chi connectivity index (χ2n) is 9.16. The molecule has 0 aromatic heterocycles. The fraction of sp³-hybridized carbons (Fsp3) is 0.444. The minimum Gasteiger partial charge on any atom is -0.392 e. The number of carbonyl (C=O) groups excluding carboxylic acids is 2. The Labute approximate surface area is 195 Å². The summed E-state index contributed by atoms with van der Waals surface area (Å²) >= 11 is 0. The number of aliphatic hydroxyl groups is 1. The number of nitrogens with one attached hydrogen (secondary N) is 1. The number of carbonyl (C=O) groups is 2. The van der Waals surface area contributed by atoms with Gasteiger partial charge in [-0.3, -0.25) is 9.59 Å². The molecule has 1 heterocycles. The lowest BCUT2D eigenvalue weighted by atomic mass is 9.91. The van der Waals surface area contributed by atoms with Crippen molar-refractivity contribution in [3.05, 3.63) is 65.7 Å². The molecule has 6 heteroatoms. The average Bonchev–Trinajstić information content (AvgIpc) is 3.67. The van der Waals surface area contributed by atoms with E-state index in [4.69, 9.17) is 4.99 Å². The van der Waals surface area contributed by atoms with Gasteiger partial charge in [0.05, 0.1) is 23.4 Å². The normalized spacial score (nSPS) is 19.8. The first kappa shape index (κ1) is 23.2. The molecular formula is C27H33N3O3. The van der Waals surface area contributed by atoms with Crippen LogP contribution < -0.4 is 10.2 Å². The Balaban J connectivity index is 1.65. The molecule has 1 aliphatic heterocycles. The van der Waals surface area contributed by atoms with Gasteiger partial charge in [-0.15, -0.1) is 0 Å². The first-order valence-electron chi connectivity index (χ1n) is 12.0. The fourth-order valence-electron chi connectivity index (χ4n) is 4.45. The van der Waals surface area contributed by atoms with E-state index in [9.17, 15) is 14.7 Å². The van der Waals surface area contributed by atoms with Crippen molar-refractivity contribution in [1.29, 1.82) is 0 Å². The summed E-state index contributed by atoms with van der Waals surface area (Å²) in [6.45, 7) is 2.07. The van der Waals surface area contributed by atoms with Crippen LogP contribution in [0.5, 0.6) is 0 Å². The van der Waals surface area contributed by atoms with Crippen molar-refractivity contribution >= 4 is 23.2 Å². The predicted molar refractivity (Wildman–Crippen MR) is 130 cm³/mol. The zero-order valence-electron chi connectivity index (χ0n) is 19.4. The number of fused-ring (bicyclic) bond motifs is 1. The topological polar surface area (TPSA) is 82.0 Å². The fourth-order valence-corrected chi connectivity index (χ4v) is 4.45. The standard InChI is InChI=1S/C27H33N3O3/c1-3-4-14-23(31)21(17-18-15-16-18)26(32)29-25-27(33)30(2)22-13-9-8-12-20(22)24(28-25)19-10-6-5-7-11-19/h5-13,18,21,23,25,31H,3-4,14-17H2,1-2H3,(H,29,32)/t21-,23+,25-/m1/s1. The molecule has 1 fully saturated rings. The van der Waals surface area contributed by atoms with Crippen LogP contribution in [0, 0.1) is 11.8 Å². The van der Waals surface area contributed by atoms with Crippen LogP contribution in [0.1, 0.15) is 56.6 Å². The monoisotopic (exact) mass is 447 g/mol. The van der Waals surface area contributed by atoms with Gasteiger partial charge < -0.3 is 15.3 Å². The van der Waals surface area contributed by atoms with Crippen LogP contribution >= 0.6 is 0 Å². The molecule has 0 bridgehead atoms. The maximum Gasteiger partial charge on any atom is 0.272 e. The molecule has 2 aliphatic rings. The van der Waals surface area contributed by atoms with E-state index in [0.717, 1.165) is 42.5 Å². The molecule has 2 aromatic carbocycles. The molecule has 2 aromatic rings. The Morgan fingerprint density at radius 3 is 2.55 bits per heavy atom. The molecule has 3 atom stereocenters. The molecule has 1 saturated carbocycles. The van der Waals surface area contributed by atoms with Gasteiger partial charge in [0.25, 0.3) is 5.91 Å². The maximum atomic E-state index is 13.4. The Morgan fingerprint density at radius 2 is 1.85 bits per heavy atom. The highest BCUT2D eigenvalue weighted by Crippen LogP contribution is 2.37. The maximum absolute atomic E-state index is 13.4. The first-order chi connectivity index (χ1) is 16.0. The van der Waals surface area contributed by atoms with Crippen molar-refractivity contribution in [2.75, 3.05) is 11.9 Å². The highest BCUT2D eigenvalue weighted by molar-refractivity contribution is 6.20. The van der Waals surface area contributed by atoms with Crippen LogP contribution in [0.15, 0.2) is 59.6 Å². The Morgan fingerprint density at radius 1 is 1.15 bits per heavy atom. The van der Waals surface area contributed by atoms with E-state index in [1.54, 1.807) is 11.9 Å². The highest BCUT2D eigenvalue weighted by Gasteiger charge is 2.37. The van der Waals surface area contributed by atoms with Crippen molar-refractivity contribution in [3.63, 3.8) is 0 Å². The van der Waals surface area contributed by atoms with Crippen molar-refractivity contribution in [3.8, 4) is 0 Å². The van der Waals surface area contributed by atoms with Crippen LogP contribution in [0.4, 0.5) is 5.69 Å². The average molecular weight is 448 g/mol. The summed E-state index contributed by atoms with van der Waals surface area (Å²) in [5.74, 6) is -0.630. The van der Waals surface area contributed by atoms with Crippen LogP contribution in [0.25, 0.3) is 0 Å². The molecule has 0 radical (unpaired) electrons. The van der Waals surface area contributed by atoms with Crippen LogP contribution in [0.2, 0.25) is 0 Å². The third kappa shape index (κ3) is 5.33. The molecule has 33 heavy (non-hydrogen) atoms. The molecule has 2 amide bonds. The first-order valence-corrected chi connectivity index (χ1v) is 12.0. The third-order valence-electron chi connectivity index (χ3n) is 6.61. The lowest BCUT2D eigenvalue weighted by Gasteiger charge is -2.25. The number of hydrogen-bond acceptors (Lipinski definition) is 4. The van der Waals surface area contributed by atoms with E-state index in [0.29, 0.717) is 24.5 Å². The van der Waals surface area contributed by atoms with Gasteiger partial charge in [0, 0.05) is 18.2 Å². The number of para-hydroxylation sites is 1. The van der Waals surface area contributed by atoms with Crippen LogP contribution in [0.3, 0.4) is 0 Å². The molecule has 6 nitrogen and oxygen atoms in total. The SMILES string of the molecule is CCCC[C@H](O)[C@@H](CC1CC1)C(=O)N[C@H]1N=C(c2ccccc2)c2ccccc2N(C)C1=O. The zero-order valence-corrected chi connectivity index (χ0v) is 19.4. The number of amides is 2. The van der Waals surface area contributed by atoms with E-state index in [1.807, 2.05) is 54.6 Å². The Kier molecular flexibility index (Phi) is 7.23. The number of benzodiazepines with no additional fused rings is 1. The van der Waals surface area contributed by atoms with Gasteiger partial charge in [-0.2, -0.15) is 0 Å². The lowest BCUT2D eigenvalue weighted by Crippen LogP contribution is -2.49. The Bertz CT molecular complexity index is 1020. The van der Waals surface area contributed by atoms with E-state index >= 15 is 0 Å². The van der Waals surface area contributed by atoms with Gasteiger partial charge in [-0.05, 0) is 24.8 Å². The smallest absolute Gasteiger partial charge is 0.272 e. The largest absolute Gasteiger partial charge is 0.392 e. The second-order valence-corrected chi connectivity index (χ2v) is 9.16. The summed E-state index contributed by atoms with van der Waals surface area (Å²) in [6, 6.07) is 17.3. The quantitative estimate of drug-likeness (QED) is 0.611. The third-order valence-corrected chi connectivity index (χ3v) is 6.61. The summed E-state index contributed by atoms with van der Waals surface area (Å²) in [4.78, 5) is 33.0. The van der Waals surface area contributed by atoms with E-state index < -0.39 is 18.2 Å². The van der Waals surface area contributed by atoms with Crippen LogP contribution in [-0.2, 0) is 9.59 Å². The van der Waals surface area contributed by atoms with Gasteiger partial charge in [0.2, 0.25) is 12.1 Å². The van der Waals surface area contributed by atoms with Gasteiger partial charge in [-0.25, -0.2) is 4.99 Å². The van der Waals surface area contributed by atoms with Crippen molar-refractivity contribution < 1.29 is 14.7 Å². The lowest BCUT2D eigenvalue weighted by molar-refractivity contribution is -0.133. The number of nitrogens with zero attached hydrogens (tertiary/aromatic N) is 2. The molecule has 174 valence electrons. The summed E-state index contributed by atoms with van der Waals surface area (Å²) in [5.41, 5.74) is 3.14. The number of rotatable bonds is 9. The molecule has 1 aliphatic carbocycles. The highest BCUT2D eigenvalue weighted by atomic mass is 16.3. The summed E-state index contributed by atoms with van der Waals surface area (Å²) in [6.07, 6.45) is 3.51. The summed E-state index contributed by atoms with van der Waals surface area (Å²) < 4.78 is 0. The predicted octanol–water partition coefficient (Wildman–Crippen LogP) is 3.91. The van der Waals surface area contributed by atoms with Crippen LogP contribution in [-0.4, -0.2) is 41.9 Å². The van der Waals surface area contributed by atoms with Crippen molar-refractivity contribution in [2.45, 2.75) is 57.7 Å². The molecular weight excluding hydrogens is 414 g/mol. The van der Waals surface area contributed by atoms with Gasteiger partial charge in [0.15, 0.2) is 0 Å². The summed E-state index contributed by atoms with van der Waals surface area (Å²) in [7, 11) is 1.71. The minimum atomic E-state index is -1.05. The molecule has 0 saturated heterocycles. The minimum absolute atomic E-state index is 0.292. The zero-order chi connectivity index (χ0) is 23.4. The molecule has 2 N–H and O–H groups in total. The number of likely N-dealkylation sites (N-methyl/N-ethyl adjacent to an activating group) is 1. The number of benzene rings is 2. The van der Waals surface area contributed by atoms with Gasteiger partial charge in [-0.1, -0.05) is 81.1 Å². The van der Waals surface area contributed by atoms with Crippen molar-refractivity contribution in [1.82, 2.24) is 5.32 Å². The molecule has 0 spiro atoms. The number of hydrogen-bond donors (Lipinski definition) is 2. The number of anilines is 1. The Hall–Kier alpha value is -2.99. The summed E-state index contributed by atoms with van der Waals surface area (Å²) in [5, 5.41) is 13.7. The number of unbranched alkanes of at least 4 members (excludes halogenated alkanes) is 1. The molecule has 0 unspecified atom stereocenters. The van der Waals surface area contributed by atoms with E-state index in [1.165, 1.54) is 0 Å². The van der Waals surface area contributed by atoms with E-state index in [-0.39, 0.29) is 11.8 Å². The van der Waals surface area contributed by atoms with Crippen molar-refractivity contribution in [2.24, 2.45) is 16.8 Å². The number of aliphatic imine (C=N–C) groups is 1. The van der Waals surface area contributed by atoms with Gasteiger partial charge in [0.1, 0.15) is 0 Å². The molecule has 4 rings (SSSR count). The second kappa shape index (κ2) is 10.3. The van der Waals surface area contributed by atoms with Gasteiger partial charge >= 0.3 is 0 Å². The number of aliphatic hydroxyl groups excluding tert-OH is 1. The van der Waals surface area contributed by atoms with E-state index in [2.05, 4.69) is 12.2 Å².